The number of fused-ring (bicyclic) bond motifs is 2. The zero-order chi connectivity index (χ0) is 51.6. The Bertz CT molecular complexity index is 3170. The Hall–Kier alpha value is -7.29. The van der Waals surface area contributed by atoms with Crippen molar-refractivity contribution in [3.05, 3.63) is 129 Å². The molecular weight excluding hydrogens is 986 g/mol. The van der Waals surface area contributed by atoms with E-state index in [0.29, 0.717) is 53.9 Å². The maximum Gasteiger partial charge on any atom is 0.303 e. The molecule has 0 radical (unpaired) electrons. The zero-order valence-corrected chi connectivity index (χ0v) is 44.5. The second kappa shape index (κ2) is 27.5. The molecule has 8 heterocycles. The summed E-state index contributed by atoms with van der Waals surface area (Å²) in [5.74, 6) is 4.65. The van der Waals surface area contributed by atoms with Crippen LogP contribution in [0.15, 0.2) is 72.8 Å². The monoisotopic (exact) mass is 1060 g/mol. The Balaban J connectivity index is 0.000000228. The molecule has 2 N–H and O–H groups in total. The predicted octanol–water partition coefficient (Wildman–Crippen LogP) is 7.70. The fourth-order valence-corrected chi connectivity index (χ4v) is 9.56. The molecule has 0 bridgehead atoms. The second-order valence-electron chi connectivity index (χ2n) is 18.7. The number of likely N-dealkylation sites (tertiary alicyclic amines) is 1. The number of nitrogens with zero attached hydrogens (tertiary/aromatic N) is 14. The van der Waals surface area contributed by atoms with E-state index >= 15 is 0 Å². The Morgan fingerprint density at radius 2 is 1.12 bits per heavy atom. The Morgan fingerprint density at radius 3 is 1.62 bits per heavy atom. The minimum atomic E-state index is -0.814. The lowest BCUT2D eigenvalue weighted by atomic mass is 9.90. The number of aromatic nitrogens is 12. The van der Waals surface area contributed by atoms with Gasteiger partial charge in [0.1, 0.15) is 11.5 Å². The third-order valence-corrected chi connectivity index (χ3v) is 13.7. The molecule has 2 aliphatic heterocycles. The quantitative estimate of drug-likeness (QED) is 0.107. The van der Waals surface area contributed by atoms with Crippen molar-refractivity contribution in [2.45, 2.75) is 108 Å². The topological polar surface area (TPSA) is 213 Å². The lowest BCUT2D eigenvalue weighted by Gasteiger charge is -2.32. The summed E-state index contributed by atoms with van der Waals surface area (Å²) < 4.78 is 17.5. The van der Waals surface area contributed by atoms with Gasteiger partial charge >= 0.3 is 5.97 Å². The molecule has 0 atom stereocenters. The molecule has 0 aliphatic carbocycles. The van der Waals surface area contributed by atoms with Crippen molar-refractivity contribution in [3.63, 3.8) is 0 Å². The van der Waals surface area contributed by atoms with Crippen LogP contribution in [0, 0.1) is 47.5 Å². The maximum atomic E-state index is 13.0. The number of ether oxygens (including phenoxy) is 2. The van der Waals surface area contributed by atoms with Gasteiger partial charge in [-0.1, -0.05) is 39.1 Å². The molecule has 0 unspecified atom stereocenters. The summed E-state index contributed by atoms with van der Waals surface area (Å²) in [5, 5.41) is 46.7. The van der Waals surface area contributed by atoms with Crippen LogP contribution in [-0.4, -0.2) is 139 Å². The van der Waals surface area contributed by atoms with Crippen molar-refractivity contribution < 1.29 is 24.2 Å². The average molecular weight is 1060 g/mol. The lowest BCUT2D eigenvalue weighted by molar-refractivity contribution is -0.137. The first-order chi connectivity index (χ1) is 35.3. The second-order valence-corrected chi connectivity index (χ2v) is 18.7. The molecule has 76 heavy (non-hydrogen) atoms. The Labute approximate surface area is 452 Å². The summed E-state index contributed by atoms with van der Waals surface area (Å²) >= 11 is 0. The number of rotatable bonds is 14. The molecule has 20 nitrogen and oxygen atoms in total. The lowest BCUT2D eigenvalue weighted by Crippen LogP contribution is -2.42. The number of carbonyl (C=O) groups excluding carboxylic acids is 1. The van der Waals surface area contributed by atoms with E-state index in [1.165, 1.54) is 11.1 Å². The number of amides is 1. The minimum absolute atomic E-state index is 0. The maximum absolute atomic E-state index is 13.0. The normalized spacial score (nSPS) is 13.6. The van der Waals surface area contributed by atoms with Gasteiger partial charge in [0.2, 0.25) is 5.91 Å². The predicted molar refractivity (Wildman–Crippen MR) is 296 cm³/mol. The van der Waals surface area contributed by atoms with Crippen molar-refractivity contribution in [1.82, 2.24) is 74.3 Å². The number of piperazine rings is 1. The van der Waals surface area contributed by atoms with Crippen LogP contribution in [0.25, 0.3) is 22.9 Å². The van der Waals surface area contributed by atoms with Gasteiger partial charge in [-0.15, -0.1) is 43.0 Å². The number of hydrogen-bond donors (Lipinski definition) is 2. The SMILES string of the molecule is C.C.COc1cccc(CC2CCN(C(=O)CCc3c(C)nn(-c4ccc5nnc(C)n5n4)c3C)CC2)c1.COc1cccc(CN2CCNCC2)c1.Cc1nn(-c2ccc3nnc(C)n3n2)c(C)c1CCC(=O)O.Cl. The van der Waals surface area contributed by atoms with Crippen LogP contribution in [0.3, 0.4) is 0 Å². The molecule has 408 valence electrons. The first-order valence-electron chi connectivity index (χ1n) is 25.0. The molecule has 10 rings (SSSR count). The van der Waals surface area contributed by atoms with Crippen LogP contribution in [0.1, 0.15) is 97.2 Å². The minimum Gasteiger partial charge on any atom is -0.497 e. The average Bonchev–Trinajstić information content (AvgIpc) is 4.14. The Morgan fingerprint density at radius 1 is 0.632 bits per heavy atom. The van der Waals surface area contributed by atoms with E-state index in [4.69, 9.17) is 19.7 Å². The van der Waals surface area contributed by atoms with Crippen LogP contribution < -0.4 is 14.8 Å². The van der Waals surface area contributed by atoms with Crippen molar-refractivity contribution in [1.29, 1.82) is 0 Å². The molecular formula is C55H76ClN15O5. The zero-order valence-electron chi connectivity index (χ0n) is 43.7. The van der Waals surface area contributed by atoms with Gasteiger partial charge in [-0.2, -0.15) is 19.2 Å². The van der Waals surface area contributed by atoms with Crippen LogP contribution >= 0.6 is 12.4 Å². The summed E-state index contributed by atoms with van der Waals surface area (Å²) in [6, 6.07) is 24.0. The highest BCUT2D eigenvalue weighted by Gasteiger charge is 2.24. The number of carbonyl (C=O) groups is 2. The van der Waals surface area contributed by atoms with Crippen LogP contribution in [0.5, 0.6) is 11.5 Å². The molecule has 6 aromatic heterocycles. The first-order valence-corrected chi connectivity index (χ1v) is 25.0. The molecule has 2 saturated heterocycles. The third-order valence-electron chi connectivity index (χ3n) is 13.7. The molecule has 2 aromatic carbocycles. The van der Waals surface area contributed by atoms with Crippen molar-refractivity contribution in [3.8, 4) is 23.1 Å². The van der Waals surface area contributed by atoms with Gasteiger partial charge in [0.15, 0.2) is 34.6 Å². The number of carboxylic acids is 1. The fraction of sp³-hybridized carbons (Fsp3) is 0.455. The van der Waals surface area contributed by atoms with E-state index in [1.807, 2.05) is 93.6 Å². The van der Waals surface area contributed by atoms with Crippen molar-refractivity contribution in [2.24, 2.45) is 5.92 Å². The highest BCUT2D eigenvalue weighted by molar-refractivity contribution is 5.85. The summed E-state index contributed by atoms with van der Waals surface area (Å²) in [6.07, 6.45) is 4.82. The molecule has 2 aliphatic rings. The number of carboxylic acid groups (broad SMARTS) is 1. The van der Waals surface area contributed by atoms with Gasteiger partial charge in [0, 0.05) is 70.0 Å². The smallest absolute Gasteiger partial charge is 0.303 e. The summed E-state index contributed by atoms with van der Waals surface area (Å²) in [4.78, 5) is 28.3. The number of aryl methyl sites for hydroxylation is 4. The summed E-state index contributed by atoms with van der Waals surface area (Å²) in [7, 11) is 3.41. The van der Waals surface area contributed by atoms with Crippen molar-refractivity contribution in [2.75, 3.05) is 53.5 Å². The number of aliphatic carboxylic acids is 1. The molecule has 1 amide bonds. The number of hydrogen-bond acceptors (Lipinski definition) is 14. The van der Waals surface area contributed by atoms with Gasteiger partial charge in [0.05, 0.1) is 25.6 Å². The number of benzene rings is 2. The standard InChI is InChI=1S/C27H33N7O2.C14H16N6O2.C12H18N2O.2CH4.ClH/c1-18-24(19(2)33(30-18)26-10-9-25-29-28-20(3)34(25)31-26)8-11-27(35)32-14-12-21(13-15-32)16-22-6-5-7-23(17-22)36-4;1-8-11(4-7-14(21)22)9(2)19(17-8)13-6-5-12-16-15-10(3)20(12)18-13;1-15-12-4-2-3-11(9-12)10-14-7-5-13-6-8-14;;;/h5-7,9-10,17,21H,8,11-16H2,1-4H3;5-6H,4,7H2,1-3H3,(H,21,22);2-4,9,13H,5-8,10H2,1H3;2*1H4;1H. The molecule has 21 heteroatoms. The van der Waals surface area contributed by atoms with Crippen LogP contribution in [0.2, 0.25) is 0 Å². The van der Waals surface area contributed by atoms with E-state index in [-0.39, 0.29) is 39.6 Å². The van der Waals surface area contributed by atoms with Gasteiger partial charge in [-0.3, -0.25) is 14.5 Å². The first kappa shape index (κ1) is 59.6. The number of nitrogens with one attached hydrogen (secondary N) is 1. The number of methoxy groups -OCH3 is 2. The largest absolute Gasteiger partial charge is 0.497 e. The van der Waals surface area contributed by atoms with Crippen LogP contribution in [-0.2, 0) is 35.4 Å². The van der Waals surface area contributed by atoms with Crippen LogP contribution in [0.4, 0.5) is 0 Å². The molecule has 8 aromatic rings. The molecule has 2 fully saturated rings. The van der Waals surface area contributed by atoms with Gasteiger partial charge in [-0.25, -0.2) is 9.36 Å². The highest BCUT2D eigenvalue weighted by atomic mass is 35.5. The van der Waals surface area contributed by atoms with E-state index in [0.717, 1.165) is 116 Å². The molecule has 0 spiro atoms. The number of piperidine rings is 1. The van der Waals surface area contributed by atoms with Gasteiger partial charge in [0.25, 0.3) is 0 Å². The molecule has 0 saturated carbocycles. The summed E-state index contributed by atoms with van der Waals surface area (Å²) in [5.41, 5.74) is 9.73. The highest BCUT2D eigenvalue weighted by Crippen LogP contribution is 2.26. The Kier molecular flexibility index (Phi) is 21.5. The fourth-order valence-electron chi connectivity index (χ4n) is 9.56. The van der Waals surface area contributed by atoms with Gasteiger partial charge < -0.3 is 24.8 Å². The van der Waals surface area contributed by atoms with E-state index in [1.54, 1.807) is 27.9 Å². The summed E-state index contributed by atoms with van der Waals surface area (Å²) in [6.45, 7) is 18.7. The van der Waals surface area contributed by atoms with E-state index in [2.05, 4.69) is 76.2 Å². The number of halogens is 1. The van der Waals surface area contributed by atoms with Crippen molar-refractivity contribution >= 4 is 35.6 Å². The third kappa shape index (κ3) is 14.5. The van der Waals surface area contributed by atoms with Gasteiger partial charge in [-0.05, 0) is 150 Å². The van der Waals surface area contributed by atoms with E-state index < -0.39 is 5.97 Å². The van der Waals surface area contributed by atoms with E-state index in [9.17, 15) is 9.59 Å².